The quantitative estimate of drug-likeness (QED) is 0.141. The van der Waals surface area contributed by atoms with Gasteiger partial charge in [0.2, 0.25) is 11.9 Å². The van der Waals surface area contributed by atoms with Crippen molar-refractivity contribution in [1.82, 2.24) is 29.1 Å². The van der Waals surface area contributed by atoms with Crippen molar-refractivity contribution in [3.05, 3.63) is 58.2 Å². The zero-order valence-corrected chi connectivity index (χ0v) is 25.2. The molecule has 3 heterocycles. The Hall–Kier alpha value is -4.03. The first-order chi connectivity index (χ1) is 20.2. The second-order valence-electron chi connectivity index (χ2n) is 10.4. The van der Waals surface area contributed by atoms with E-state index in [-0.39, 0.29) is 5.91 Å². The van der Waals surface area contributed by atoms with Crippen LogP contribution in [0.2, 0.25) is 0 Å². The van der Waals surface area contributed by atoms with E-state index < -0.39 is 12.2 Å². The molecular weight excluding hydrogens is 536 g/mol. The number of aryl methyl sites for hydroxylation is 5. The maximum atomic E-state index is 13.4. The molecule has 2 amide bonds. The van der Waals surface area contributed by atoms with Gasteiger partial charge in [0, 0.05) is 37.4 Å². The minimum absolute atomic E-state index is 0.296. The van der Waals surface area contributed by atoms with E-state index in [0.29, 0.717) is 49.0 Å². The number of imidazole rings is 1. The molecule has 0 radical (unpaired) electrons. The number of hydrogen-bond donors (Lipinski definition) is 3. The molecule has 1 unspecified atom stereocenters. The first-order valence-corrected chi connectivity index (χ1v) is 14.7. The monoisotopic (exact) mass is 578 g/mol. The Bertz CT molecular complexity index is 1550. The molecule has 4 aromatic rings. The Morgan fingerprint density at radius 2 is 1.83 bits per heavy atom. The van der Waals surface area contributed by atoms with Gasteiger partial charge >= 0.3 is 0 Å². The lowest BCUT2D eigenvalue weighted by atomic mass is 10.0. The summed E-state index contributed by atoms with van der Waals surface area (Å²) < 4.78 is 11.0. The zero-order chi connectivity index (χ0) is 30.4. The number of benzene rings is 1. The number of anilines is 1. The molecule has 0 fully saturated rings. The van der Waals surface area contributed by atoms with E-state index in [4.69, 9.17) is 10.5 Å². The van der Waals surface area contributed by atoms with Crippen molar-refractivity contribution in [2.24, 2.45) is 5.73 Å². The Kier molecular flexibility index (Phi) is 10.1. The lowest BCUT2D eigenvalue weighted by Gasteiger charge is -2.15. The van der Waals surface area contributed by atoms with E-state index in [1.54, 1.807) is 28.9 Å². The molecular formula is C30H42N8O4. The van der Waals surface area contributed by atoms with E-state index in [1.165, 1.54) is 0 Å². The number of carbonyl (C=O) groups is 2. The molecule has 1 aromatic carbocycles. The lowest BCUT2D eigenvalue weighted by Crippen LogP contribution is -2.20. The van der Waals surface area contributed by atoms with Crippen LogP contribution in [0.25, 0.3) is 11.0 Å². The number of aliphatic hydroxyl groups is 1. The van der Waals surface area contributed by atoms with Crippen LogP contribution in [0.5, 0.6) is 0 Å². The largest absolute Gasteiger partial charge is 0.366 e. The molecule has 0 aliphatic heterocycles. The Balaban J connectivity index is 1.42. The van der Waals surface area contributed by atoms with E-state index in [0.717, 1.165) is 60.3 Å². The van der Waals surface area contributed by atoms with Gasteiger partial charge in [-0.25, -0.2) is 4.98 Å². The van der Waals surface area contributed by atoms with Gasteiger partial charge in [-0.05, 0) is 77.6 Å². The maximum Gasteiger partial charge on any atom is 0.276 e. The van der Waals surface area contributed by atoms with Crippen LogP contribution in [0, 0.1) is 13.8 Å². The fourth-order valence-corrected chi connectivity index (χ4v) is 5.33. The number of unbranched alkanes of at least 4 members (excludes halogenated alkanes) is 2. The minimum Gasteiger partial charge on any atom is -0.366 e. The summed E-state index contributed by atoms with van der Waals surface area (Å²) in [5, 5.41) is 22.6. The highest BCUT2D eigenvalue weighted by molar-refractivity contribution is 6.03. The molecule has 0 bridgehead atoms. The van der Waals surface area contributed by atoms with Gasteiger partial charge in [-0.1, -0.05) is 13.3 Å². The zero-order valence-electron chi connectivity index (χ0n) is 25.2. The van der Waals surface area contributed by atoms with Crippen molar-refractivity contribution in [1.29, 1.82) is 0 Å². The summed E-state index contributed by atoms with van der Waals surface area (Å²) in [6, 6.07) is 6.89. The van der Waals surface area contributed by atoms with Crippen LogP contribution in [0.4, 0.5) is 5.95 Å². The maximum absolute atomic E-state index is 13.4. The van der Waals surface area contributed by atoms with Crippen LogP contribution >= 0.6 is 0 Å². The fourth-order valence-electron chi connectivity index (χ4n) is 5.33. The number of aliphatic hydroxyl groups excluding tert-OH is 1. The van der Waals surface area contributed by atoms with Crippen LogP contribution in [0.3, 0.4) is 0 Å². The SMILES string of the molecule is CCCn1c(NC(=O)c2cc(C)nn2CCCCCc2c(C)nn(CC)c2C(O)OCC)nc2cc(C(N)=O)ccc21. The molecule has 0 aliphatic carbocycles. The number of nitrogens with two attached hydrogens (primary N) is 1. The highest BCUT2D eigenvalue weighted by Crippen LogP contribution is 2.25. The smallest absolute Gasteiger partial charge is 0.276 e. The third kappa shape index (κ3) is 6.71. The third-order valence-electron chi connectivity index (χ3n) is 7.29. The first kappa shape index (κ1) is 30.9. The molecule has 12 heteroatoms. The first-order valence-electron chi connectivity index (χ1n) is 14.7. The van der Waals surface area contributed by atoms with Crippen LogP contribution in [-0.4, -0.2) is 52.6 Å². The highest BCUT2D eigenvalue weighted by Gasteiger charge is 2.22. The van der Waals surface area contributed by atoms with Crippen molar-refractivity contribution in [3.63, 3.8) is 0 Å². The topological polar surface area (TPSA) is 155 Å². The average Bonchev–Trinajstić information content (AvgIpc) is 3.60. The van der Waals surface area contributed by atoms with Gasteiger partial charge in [0.1, 0.15) is 5.69 Å². The molecule has 12 nitrogen and oxygen atoms in total. The molecule has 42 heavy (non-hydrogen) atoms. The van der Waals surface area contributed by atoms with Crippen LogP contribution in [0.15, 0.2) is 24.3 Å². The van der Waals surface area contributed by atoms with Crippen LogP contribution in [0.1, 0.15) is 96.2 Å². The lowest BCUT2D eigenvalue weighted by molar-refractivity contribution is -0.104. The van der Waals surface area contributed by atoms with Crippen molar-refractivity contribution in [3.8, 4) is 0 Å². The minimum atomic E-state index is -0.991. The summed E-state index contributed by atoms with van der Waals surface area (Å²) in [5.74, 6) is -0.408. The number of fused-ring (bicyclic) bond motifs is 1. The van der Waals surface area contributed by atoms with E-state index in [2.05, 4.69) is 20.5 Å². The van der Waals surface area contributed by atoms with Gasteiger partial charge in [0.05, 0.1) is 28.1 Å². The molecule has 0 aliphatic rings. The number of nitrogens with zero attached hydrogens (tertiary/aromatic N) is 6. The van der Waals surface area contributed by atoms with Gasteiger partial charge in [-0.3, -0.25) is 24.3 Å². The number of amides is 2. The summed E-state index contributed by atoms with van der Waals surface area (Å²) >= 11 is 0. The van der Waals surface area contributed by atoms with Crippen molar-refractivity contribution >= 4 is 28.8 Å². The number of aromatic nitrogens is 6. The highest BCUT2D eigenvalue weighted by atomic mass is 16.6. The fraction of sp³-hybridized carbons (Fsp3) is 0.500. The predicted molar refractivity (Wildman–Crippen MR) is 160 cm³/mol. The average molecular weight is 579 g/mol. The molecule has 3 aromatic heterocycles. The third-order valence-corrected chi connectivity index (χ3v) is 7.29. The van der Waals surface area contributed by atoms with Gasteiger partial charge in [0.15, 0.2) is 6.29 Å². The van der Waals surface area contributed by atoms with E-state index in [9.17, 15) is 14.7 Å². The molecule has 226 valence electrons. The Morgan fingerprint density at radius 3 is 2.52 bits per heavy atom. The second kappa shape index (κ2) is 13.8. The normalized spacial score (nSPS) is 12.2. The van der Waals surface area contributed by atoms with Gasteiger partial charge in [-0.2, -0.15) is 10.2 Å². The summed E-state index contributed by atoms with van der Waals surface area (Å²) in [4.78, 5) is 29.7. The molecule has 1 atom stereocenters. The summed E-state index contributed by atoms with van der Waals surface area (Å²) in [7, 11) is 0. The number of ether oxygens (including phenoxy) is 1. The van der Waals surface area contributed by atoms with Crippen LogP contribution < -0.4 is 11.1 Å². The van der Waals surface area contributed by atoms with E-state index in [1.807, 2.05) is 43.9 Å². The second-order valence-corrected chi connectivity index (χ2v) is 10.4. The summed E-state index contributed by atoms with van der Waals surface area (Å²) in [6.45, 7) is 12.1. The van der Waals surface area contributed by atoms with Crippen LogP contribution in [-0.2, 0) is 30.8 Å². The standard InChI is InChI=1S/C30H42N8O4/c1-6-15-36-24-14-13-21(27(31)39)18-23(24)32-30(36)33-28(40)25-17-19(4)34-38(25)16-11-9-10-12-22-20(5)35-37(7-2)26(22)29(41)42-8-3/h13-14,17-18,29,41H,6-12,15-16H2,1-5H3,(H2,31,39)(H,32,33,40). The van der Waals surface area contributed by atoms with Crippen molar-refractivity contribution in [2.45, 2.75) is 92.6 Å². The summed E-state index contributed by atoms with van der Waals surface area (Å²) in [6.07, 6.45) is 3.27. The molecule has 0 saturated heterocycles. The van der Waals surface area contributed by atoms with Crippen molar-refractivity contribution in [2.75, 3.05) is 11.9 Å². The summed E-state index contributed by atoms with van der Waals surface area (Å²) in [5.41, 5.74) is 11.1. The van der Waals surface area contributed by atoms with Gasteiger partial charge < -0.3 is 20.1 Å². The van der Waals surface area contributed by atoms with Crippen molar-refractivity contribution < 1.29 is 19.4 Å². The number of hydrogen-bond acceptors (Lipinski definition) is 7. The van der Waals surface area contributed by atoms with Gasteiger partial charge in [0.25, 0.3) is 5.91 Å². The number of primary amides is 1. The Labute approximate surface area is 245 Å². The predicted octanol–water partition coefficient (Wildman–Crippen LogP) is 4.27. The molecule has 0 spiro atoms. The number of nitrogens with one attached hydrogen (secondary N) is 1. The van der Waals surface area contributed by atoms with Gasteiger partial charge in [-0.15, -0.1) is 0 Å². The Morgan fingerprint density at radius 1 is 1.05 bits per heavy atom. The van der Waals surface area contributed by atoms with E-state index >= 15 is 0 Å². The molecule has 4 rings (SSSR count). The molecule has 4 N–H and O–H groups in total. The number of carbonyl (C=O) groups excluding carboxylic acids is 2. The number of rotatable bonds is 15. The molecule has 0 saturated carbocycles.